The van der Waals surface area contributed by atoms with E-state index < -0.39 is 0 Å². The van der Waals surface area contributed by atoms with Gasteiger partial charge in [-0.25, -0.2) is 0 Å². The van der Waals surface area contributed by atoms with Crippen molar-refractivity contribution in [2.45, 2.75) is 24.4 Å². The van der Waals surface area contributed by atoms with Gasteiger partial charge in [0.05, 0.1) is 5.92 Å². The summed E-state index contributed by atoms with van der Waals surface area (Å²) in [7, 11) is 0. The van der Waals surface area contributed by atoms with Crippen LogP contribution in [0.25, 0.3) is 0 Å². The molecular weight excluding hydrogens is 276 g/mol. The molecule has 0 amide bonds. The van der Waals surface area contributed by atoms with Crippen LogP contribution in [0.2, 0.25) is 0 Å². The highest BCUT2D eigenvalue weighted by Gasteiger charge is 2.65. The minimum absolute atomic E-state index is 0.129. The summed E-state index contributed by atoms with van der Waals surface area (Å²) in [6, 6.07) is 21.2. The van der Waals surface area contributed by atoms with Crippen molar-refractivity contribution in [3.05, 3.63) is 82.8 Å². The molecule has 0 saturated carbocycles. The first-order chi connectivity index (χ1) is 10.2. The molecule has 2 atom stereocenters. The topological polar surface area (TPSA) is 9.23 Å². The second kappa shape index (κ2) is 4.49. The van der Waals surface area contributed by atoms with Crippen LogP contribution in [-0.2, 0) is 10.3 Å². The van der Waals surface area contributed by atoms with Crippen molar-refractivity contribution in [3.63, 3.8) is 0 Å². The summed E-state index contributed by atoms with van der Waals surface area (Å²) in [5.41, 5.74) is 2.14. The monoisotopic (exact) mass is 294 g/mol. The Kier molecular flexibility index (Phi) is 2.82. The van der Waals surface area contributed by atoms with Crippen LogP contribution in [0, 0.1) is 5.92 Å². The first kappa shape index (κ1) is 13.2. The van der Waals surface area contributed by atoms with Crippen molar-refractivity contribution >= 4 is 11.8 Å². The Morgan fingerprint density at radius 1 is 0.905 bits per heavy atom. The number of thioether (sulfide) groups is 1. The molecule has 0 N–H and O–H groups in total. The van der Waals surface area contributed by atoms with Gasteiger partial charge in [-0.15, -0.1) is 0 Å². The zero-order valence-electron chi connectivity index (χ0n) is 12.2. The predicted molar refractivity (Wildman–Crippen MR) is 88.0 cm³/mol. The normalized spacial score (nSPS) is 29.4. The third-order valence-electron chi connectivity index (χ3n) is 4.54. The summed E-state index contributed by atoms with van der Waals surface area (Å²) in [4.78, 5) is 1.23. The third-order valence-corrected chi connectivity index (χ3v) is 5.74. The first-order valence-corrected chi connectivity index (χ1v) is 8.15. The molecule has 1 nitrogen and oxygen atoms in total. The van der Waals surface area contributed by atoms with Crippen molar-refractivity contribution in [3.8, 4) is 0 Å². The summed E-state index contributed by atoms with van der Waals surface area (Å²) < 4.78 is 6.59. The minimum atomic E-state index is -0.345. The second-order valence-electron chi connectivity index (χ2n) is 5.94. The van der Waals surface area contributed by atoms with Gasteiger partial charge in [0.1, 0.15) is 10.5 Å². The molecule has 2 unspecified atom stereocenters. The Bertz CT molecular complexity index is 653. The van der Waals surface area contributed by atoms with Gasteiger partial charge in [-0.1, -0.05) is 78.5 Å². The molecular formula is C19H18OS. The molecule has 4 rings (SSSR count). The quantitative estimate of drug-likeness (QED) is 0.775. The van der Waals surface area contributed by atoms with E-state index >= 15 is 0 Å². The zero-order valence-corrected chi connectivity index (χ0v) is 13.1. The molecule has 2 aliphatic heterocycles. The fourth-order valence-electron chi connectivity index (χ4n) is 3.71. The van der Waals surface area contributed by atoms with Crippen LogP contribution in [0.15, 0.2) is 71.6 Å². The van der Waals surface area contributed by atoms with E-state index in [1.165, 1.54) is 16.0 Å². The van der Waals surface area contributed by atoms with E-state index in [0.29, 0.717) is 5.92 Å². The number of benzene rings is 2. The summed E-state index contributed by atoms with van der Waals surface area (Å²) in [5.74, 6) is 0.375. The Morgan fingerprint density at radius 3 is 1.90 bits per heavy atom. The van der Waals surface area contributed by atoms with Crippen LogP contribution in [0.5, 0.6) is 0 Å². The number of hydrogen-bond acceptors (Lipinski definition) is 2. The van der Waals surface area contributed by atoms with Gasteiger partial charge in [-0.05, 0) is 29.9 Å². The molecule has 2 heterocycles. The maximum absolute atomic E-state index is 6.59. The summed E-state index contributed by atoms with van der Waals surface area (Å²) >= 11 is 1.85. The molecule has 2 aromatic rings. The van der Waals surface area contributed by atoms with Crippen LogP contribution >= 0.6 is 11.8 Å². The molecule has 106 valence electrons. The molecule has 2 aromatic carbocycles. The van der Waals surface area contributed by atoms with Crippen LogP contribution in [0.3, 0.4) is 0 Å². The smallest absolute Gasteiger partial charge is 0.130 e. The van der Waals surface area contributed by atoms with Crippen molar-refractivity contribution in [1.29, 1.82) is 0 Å². The van der Waals surface area contributed by atoms with Gasteiger partial charge in [0.2, 0.25) is 0 Å². The van der Waals surface area contributed by atoms with Crippen molar-refractivity contribution < 1.29 is 4.74 Å². The van der Waals surface area contributed by atoms with E-state index in [0.717, 1.165) is 0 Å². The standard InChI is InChI=1S/C19H18OS/c1-14-13-17-18(2,21-14)20-19(17,15-9-5-3-6-10-15)16-11-7-4-8-12-16/h3-13,17H,1-2H3. The highest BCUT2D eigenvalue weighted by molar-refractivity contribution is 8.04. The lowest BCUT2D eigenvalue weighted by molar-refractivity contribution is -0.238. The predicted octanol–water partition coefficient (Wildman–Crippen LogP) is 4.94. The van der Waals surface area contributed by atoms with Crippen molar-refractivity contribution in [1.82, 2.24) is 0 Å². The third kappa shape index (κ3) is 1.76. The highest BCUT2D eigenvalue weighted by Crippen LogP contribution is 2.66. The lowest BCUT2D eigenvalue weighted by Crippen LogP contribution is -2.61. The first-order valence-electron chi connectivity index (χ1n) is 7.34. The van der Waals surface area contributed by atoms with E-state index in [4.69, 9.17) is 4.74 Å². The molecule has 1 saturated heterocycles. The number of hydrogen-bond donors (Lipinski definition) is 0. The fourth-order valence-corrected chi connectivity index (χ4v) is 5.09. The largest absolute Gasteiger partial charge is 0.347 e. The maximum atomic E-state index is 6.59. The maximum Gasteiger partial charge on any atom is 0.130 e. The highest BCUT2D eigenvalue weighted by atomic mass is 32.2. The van der Waals surface area contributed by atoms with Crippen LogP contribution in [-0.4, -0.2) is 4.93 Å². The Labute approximate surface area is 130 Å². The van der Waals surface area contributed by atoms with Gasteiger partial charge < -0.3 is 4.74 Å². The van der Waals surface area contributed by atoms with E-state index in [9.17, 15) is 0 Å². The Hall–Kier alpha value is -1.51. The van der Waals surface area contributed by atoms with Gasteiger partial charge in [-0.3, -0.25) is 0 Å². The average molecular weight is 294 g/mol. The number of fused-ring (bicyclic) bond motifs is 1. The van der Waals surface area contributed by atoms with E-state index in [1.807, 2.05) is 11.8 Å². The van der Waals surface area contributed by atoms with Gasteiger partial charge >= 0.3 is 0 Å². The molecule has 0 aliphatic carbocycles. The molecule has 0 bridgehead atoms. The molecule has 0 aromatic heterocycles. The van der Waals surface area contributed by atoms with Crippen molar-refractivity contribution in [2.24, 2.45) is 5.92 Å². The van der Waals surface area contributed by atoms with E-state index in [-0.39, 0.29) is 10.5 Å². The van der Waals surface area contributed by atoms with Gasteiger partial charge in [0.25, 0.3) is 0 Å². The lowest BCUT2D eigenvalue weighted by Gasteiger charge is -2.58. The summed E-state index contributed by atoms with van der Waals surface area (Å²) in [5, 5.41) is 0. The van der Waals surface area contributed by atoms with Gasteiger partial charge in [0, 0.05) is 0 Å². The lowest BCUT2D eigenvalue weighted by atomic mass is 9.68. The summed E-state index contributed by atoms with van der Waals surface area (Å²) in [6.45, 7) is 4.39. The molecule has 0 spiro atoms. The molecule has 1 fully saturated rings. The number of ether oxygens (including phenoxy) is 1. The number of rotatable bonds is 2. The molecule has 0 radical (unpaired) electrons. The van der Waals surface area contributed by atoms with Crippen molar-refractivity contribution in [2.75, 3.05) is 0 Å². The number of allylic oxidation sites excluding steroid dienone is 1. The SMILES string of the molecule is CC1=CC2C(C)(OC2(c2ccccc2)c2ccccc2)S1. The van der Waals surface area contributed by atoms with Crippen LogP contribution in [0.1, 0.15) is 25.0 Å². The van der Waals surface area contributed by atoms with Crippen LogP contribution in [0.4, 0.5) is 0 Å². The van der Waals surface area contributed by atoms with Gasteiger partial charge in [0.15, 0.2) is 0 Å². The summed E-state index contributed by atoms with van der Waals surface area (Å²) in [6.07, 6.45) is 2.38. The Morgan fingerprint density at radius 2 is 1.43 bits per heavy atom. The average Bonchev–Trinajstić information content (AvgIpc) is 2.75. The zero-order chi connectivity index (χ0) is 14.5. The van der Waals surface area contributed by atoms with E-state index in [1.54, 1.807) is 0 Å². The minimum Gasteiger partial charge on any atom is -0.347 e. The van der Waals surface area contributed by atoms with Crippen LogP contribution < -0.4 is 0 Å². The van der Waals surface area contributed by atoms with E-state index in [2.05, 4.69) is 80.6 Å². The Balaban J connectivity index is 1.90. The molecule has 2 aliphatic rings. The molecule has 2 heteroatoms. The fraction of sp³-hybridized carbons (Fsp3) is 0.263. The van der Waals surface area contributed by atoms with Gasteiger partial charge in [-0.2, -0.15) is 0 Å². The molecule has 21 heavy (non-hydrogen) atoms. The second-order valence-corrected chi connectivity index (χ2v) is 7.60.